The number of hydrogen-bond acceptors (Lipinski definition) is 2. The average Bonchev–Trinajstić information content (AvgIpc) is 2.32. The van der Waals surface area contributed by atoms with Crippen LogP contribution in [0.2, 0.25) is 0 Å². The third-order valence-electron chi connectivity index (χ3n) is 3.00. The van der Waals surface area contributed by atoms with Crippen molar-refractivity contribution in [2.75, 3.05) is 6.54 Å². The third-order valence-corrected chi connectivity index (χ3v) is 3.00. The van der Waals surface area contributed by atoms with Crippen LogP contribution in [0.5, 0.6) is 0 Å². The van der Waals surface area contributed by atoms with E-state index >= 15 is 0 Å². The zero-order valence-electron chi connectivity index (χ0n) is 10.8. The molecule has 3 nitrogen and oxygen atoms in total. The zero-order chi connectivity index (χ0) is 12.8. The fraction of sp³-hybridized carbons (Fsp3) is 0.500. The van der Waals surface area contributed by atoms with Crippen molar-refractivity contribution in [3.8, 4) is 0 Å². The lowest BCUT2D eigenvalue weighted by Crippen LogP contribution is -2.27. The highest BCUT2D eigenvalue weighted by Gasteiger charge is 2.07. The van der Waals surface area contributed by atoms with Crippen molar-refractivity contribution in [1.29, 1.82) is 0 Å². The summed E-state index contributed by atoms with van der Waals surface area (Å²) in [5.74, 6) is -0.0728. The molecule has 0 saturated carbocycles. The van der Waals surface area contributed by atoms with Crippen LogP contribution in [0.25, 0.3) is 0 Å². The maximum absolute atomic E-state index is 11.8. The van der Waals surface area contributed by atoms with Gasteiger partial charge >= 0.3 is 0 Å². The Kier molecular flexibility index (Phi) is 5.16. The zero-order valence-corrected chi connectivity index (χ0v) is 10.8. The average molecular weight is 235 g/mol. The minimum Gasteiger partial charge on any atom is -0.393 e. The van der Waals surface area contributed by atoms with Gasteiger partial charge in [-0.2, -0.15) is 0 Å². The quantitative estimate of drug-likeness (QED) is 0.822. The second-order valence-corrected chi connectivity index (χ2v) is 4.41. The van der Waals surface area contributed by atoms with Crippen LogP contribution in [0.4, 0.5) is 0 Å². The first-order valence-corrected chi connectivity index (χ1v) is 6.08. The van der Waals surface area contributed by atoms with Gasteiger partial charge in [-0.25, -0.2) is 0 Å². The first-order chi connectivity index (χ1) is 8.04. The van der Waals surface area contributed by atoms with E-state index in [2.05, 4.69) is 5.32 Å². The molecule has 1 aromatic rings. The molecule has 0 saturated heterocycles. The fourth-order valence-corrected chi connectivity index (χ4v) is 1.54. The molecule has 0 spiro atoms. The molecule has 0 radical (unpaired) electrons. The van der Waals surface area contributed by atoms with Crippen molar-refractivity contribution >= 4 is 5.91 Å². The Balaban J connectivity index is 2.50. The highest BCUT2D eigenvalue weighted by Crippen LogP contribution is 2.09. The molecule has 1 unspecified atom stereocenters. The number of nitrogens with one attached hydrogen (secondary N) is 1. The maximum Gasteiger partial charge on any atom is 0.251 e. The van der Waals surface area contributed by atoms with Crippen LogP contribution in [-0.4, -0.2) is 23.7 Å². The molecule has 0 aliphatic heterocycles. The minimum absolute atomic E-state index is 0.0728. The molecular weight excluding hydrogens is 214 g/mol. The van der Waals surface area contributed by atoms with Crippen molar-refractivity contribution in [1.82, 2.24) is 5.32 Å². The molecule has 1 aromatic carbocycles. The van der Waals surface area contributed by atoms with E-state index in [9.17, 15) is 9.90 Å². The SMILES string of the molecule is CCC(O)CCNC(=O)c1ccc(C)c(C)c1. The van der Waals surface area contributed by atoms with Crippen molar-refractivity contribution < 1.29 is 9.90 Å². The predicted molar refractivity (Wildman–Crippen MR) is 69.2 cm³/mol. The number of amides is 1. The van der Waals surface area contributed by atoms with E-state index in [1.54, 1.807) is 0 Å². The Hall–Kier alpha value is -1.35. The molecule has 94 valence electrons. The second-order valence-electron chi connectivity index (χ2n) is 4.41. The van der Waals surface area contributed by atoms with Crippen LogP contribution in [0, 0.1) is 13.8 Å². The summed E-state index contributed by atoms with van der Waals surface area (Å²) in [6.07, 6.45) is 1.00. The third kappa shape index (κ3) is 4.19. The molecular formula is C14H21NO2. The summed E-state index contributed by atoms with van der Waals surface area (Å²) in [4.78, 5) is 11.8. The number of aliphatic hydroxyl groups is 1. The molecule has 0 aliphatic carbocycles. The van der Waals surface area contributed by atoms with Crippen LogP contribution in [-0.2, 0) is 0 Å². The molecule has 3 heteroatoms. The number of carbonyl (C=O) groups excluding carboxylic acids is 1. The van der Waals surface area contributed by atoms with Crippen LogP contribution < -0.4 is 5.32 Å². The molecule has 1 atom stereocenters. The van der Waals surface area contributed by atoms with Gasteiger partial charge in [0.05, 0.1) is 6.10 Å². The van der Waals surface area contributed by atoms with Crippen LogP contribution in [0.3, 0.4) is 0 Å². The Morgan fingerprint density at radius 3 is 2.65 bits per heavy atom. The van der Waals surface area contributed by atoms with Gasteiger partial charge in [-0.05, 0) is 49.9 Å². The van der Waals surface area contributed by atoms with Gasteiger partial charge in [-0.3, -0.25) is 4.79 Å². The molecule has 2 N–H and O–H groups in total. The van der Waals surface area contributed by atoms with E-state index in [0.717, 1.165) is 12.0 Å². The van der Waals surface area contributed by atoms with Gasteiger partial charge in [0, 0.05) is 12.1 Å². The van der Waals surface area contributed by atoms with Gasteiger partial charge in [-0.15, -0.1) is 0 Å². The van der Waals surface area contributed by atoms with Crippen molar-refractivity contribution in [3.05, 3.63) is 34.9 Å². The summed E-state index contributed by atoms with van der Waals surface area (Å²) in [5.41, 5.74) is 2.98. The molecule has 1 amide bonds. The van der Waals surface area contributed by atoms with E-state index in [4.69, 9.17) is 0 Å². The topological polar surface area (TPSA) is 49.3 Å². The minimum atomic E-state index is -0.324. The van der Waals surface area contributed by atoms with Gasteiger partial charge in [0.15, 0.2) is 0 Å². The second kappa shape index (κ2) is 6.40. The van der Waals surface area contributed by atoms with Gasteiger partial charge < -0.3 is 10.4 Å². The van der Waals surface area contributed by atoms with Gasteiger partial charge in [0.1, 0.15) is 0 Å². The molecule has 17 heavy (non-hydrogen) atoms. The molecule has 0 aromatic heterocycles. The van der Waals surface area contributed by atoms with E-state index < -0.39 is 0 Å². The molecule has 0 bridgehead atoms. The van der Waals surface area contributed by atoms with Crippen molar-refractivity contribution in [2.24, 2.45) is 0 Å². The maximum atomic E-state index is 11.8. The van der Waals surface area contributed by atoms with E-state index in [1.165, 1.54) is 5.56 Å². The lowest BCUT2D eigenvalue weighted by Gasteiger charge is -2.09. The van der Waals surface area contributed by atoms with E-state index in [0.29, 0.717) is 18.5 Å². The number of hydrogen-bond donors (Lipinski definition) is 2. The van der Waals surface area contributed by atoms with Gasteiger partial charge in [0.25, 0.3) is 5.91 Å². The summed E-state index contributed by atoms with van der Waals surface area (Å²) in [6.45, 7) is 6.46. The molecule has 0 aliphatic rings. The van der Waals surface area contributed by atoms with Crippen LogP contribution in [0.1, 0.15) is 41.3 Å². The number of benzene rings is 1. The summed E-state index contributed by atoms with van der Waals surface area (Å²) < 4.78 is 0. The number of rotatable bonds is 5. The first-order valence-electron chi connectivity index (χ1n) is 6.08. The van der Waals surface area contributed by atoms with E-state index in [-0.39, 0.29) is 12.0 Å². The lowest BCUT2D eigenvalue weighted by atomic mass is 10.1. The highest BCUT2D eigenvalue weighted by atomic mass is 16.3. The Labute approximate surface area is 103 Å². The normalized spacial score (nSPS) is 12.2. The van der Waals surface area contributed by atoms with Gasteiger partial charge in [0.2, 0.25) is 0 Å². The summed E-state index contributed by atoms with van der Waals surface area (Å²) >= 11 is 0. The monoisotopic (exact) mass is 235 g/mol. The smallest absolute Gasteiger partial charge is 0.251 e. The van der Waals surface area contributed by atoms with Crippen molar-refractivity contribution in [3.63, 3.8) is 0 Å². The summed E-state index contributed by atoms with van der Waals surface area (Å²) in [6, 6.07) is 5.67. The van der Waals surface area contributed by atoms with Crippen LogP contribution in [0.15, 0.2) is 18.2 Å². The molecule has 0 heterocycles. The van der Waals surface area contributed by atoms with Crippen LogP contribution >= 0.6 is 0 Å². The molecule has 0 fully saturated rings. The van der Waals surface area contributed by atoms with Crippen molar-refractivity contribution in [2.45, 2.75) is 39.7 Å². The number of aryl methyl sites for hydroxylation is 2. The van der Waals surface area contributed by atoms with E-state index in [1.807, 2.05) is 39.0 Å². The largest absolute Gasteiger partial charge is 0.393 e. The Bertz CT molecular complexity index is 388. The first kappa shape index (κ1) is 13.7. The molecule has 1 rings (SSSR count). The summed E-state index contributed by atoms with van der Waals surface area (Å²) in [5, 5.41) is 12.2. The predicted octanol–water partition coefficient (Wildman–Crippen LogP) is 2.19. The summed E-state index contributed by atoms with van der Waals surface area (Å²) in [7, 11) is 0. The van der Waals surface area contributed by atoms with Gasteiger partial charge in [-0.1, -0.05) is 13.0 Å². The lowest BCUT2D eigenvalue weighted by molar-refractivity contribution is 0.0942. The fourth-order valence-electron chi connectivity index (χ4n) is 1.54. The number of aliphatic hydroxyl groups excluding tert-OH is 1. The Morgan fingerprint density at radius 2 is 2.06 bits per heavy atom. The standard InChI is InChI=1S/C14H21NO2/c1-4-13(16)7-8-15-14(17)12-6-5-10(2)11(3)9-12/h5-6,9,13,16H,4,7-8H2,1-3H3,(H,15,17). The number of carbonyl (C=O) groups is 1. The Morgan fingerprint density at radius 1 is 1.35 bits per heavy atom. The highest BCUT2D eigenvalue weighted by molar-refractivity contribution is 5.94.